The molecule has 3 aromatic rings. The zero-order valence-electron chi connectivity index (χ0n) is 12.6. The van der Waals surface area contributed by atoms with Crippen molar-refractivity contribution in [2.45, 2.75) is 0 Å². The summed E-state index contributed by atoms with van der Waals surface area (Å²) >= 11 is 5.84. The van der Waals surface area contributed by atoms with E-state index in [9.17, 15) is 0 Å². The topological polar surface area (TPSA) is 75.9 Å². The van der Waals surface area contributed by atoms with Crippen LogP contribution in [-0.4, -0.2) is 55.7 Å². The summed E-state index contributed by atoms with van der Waals surface area (Å²) in [5.74, 6) is 1.63. The Labute approximate surface area is 137 Å². The van der Waals surface area contributed by atoms with Gasteiger partial charge in [0.15, 0.2) is 11.5 Å². The van der Waals surface area contributed by atoms with E-state index in [1.807, 2.05) is 11.6 Å². The first-order valence-electron chi connectivity index (χ1n) is 7.32. The van der Waals surface area contributed by atoms with Crippen molar-refractivity contribution in [3.63, 3.8) is 0 Å². The summed E-state index contributed by atoms with van der Waals surface area (Å²) in [5.41, 5.74) is 1.68. The summed E-state index contributed by atoms with van der Waals surface area (Å²) in [7, 11) is 1.96. The van der Waals surface area contributed by atoms with Gasteiger partial charge in [0.05, 0.1) is 23.7 Å². The number of aromatic nitrogens is 6. The highest BCUT2D eigenvalue weighted by atomic mass is 35.5. The monoisotopic (exact) mass is 330 g/mol. The van der Waals surface area contributed by atoms with Gasteiger partial charge in [0.25, 0.3) is 0 Å². The van der Waals surface area contributed by atoms with Crippen molar-refractivity contribution in [2.75, 3.05) is 36.0 Å². The van der Waals surface area contributed by atoms with Gasteiger partial charge in [-0.3, -0.25) is 0 Å². The maximum absolute atomic E-state index is 5.84. The minimum Gasteiger partial charge on any atom is -0.351 e. The lowest BCUT2D eigenvalue weighted by molar-refractivity contribution is 0.635. The Bertz CT molecular complexity index is 822. The Morgan fingerprint density at radius 2 is 1.61 bits per heavy atom. The maximum atomic E-state index is 5.84. The van der Waals surface area contributed by atoms with Crippen LogP contribution >= 0.6 is 11.6 Å². The van der Waals surface area contributed by atoms with Crippen molar-refractivity contribution in [1.29, 1.82) is 0 Å². The first-order valence-corrected chi connectivity index (χ1v) is 7.69. The summed E-state index contributed by atoms with van der Waals surface area (Å²) in [6, 6.07) is 0. The van der Waals surface area contributed by atoms with E-state index in [2.05, 4.69) is 34.7 Å². The SMILES string of the molecule is Cn1cnc2ncnc(N3CCN(c4ncc(Cl)cn4)CC3)c21. The highest BCUT2D eigenvalue weighted by Gasteiger charge is 2.22. The number of piperazine rings is 1. The van der Waals surface area contributed by atoms with E-state index in [1.54, 1.807) is 25.0 Å². The van der Waals surface area contributed by atoms with Crippen LogP contribution in [-0.2, 0) is 7.05 Å². The highest BCUT2D eigenvalue weighted by Crippen LogP contribution is 2.23. The number of fused-ring (bicyclic) bond motifs is 1. The fourth-order valence-corrected chi connectivity index (χ4v) is 2.89. The van der Waals surface area contributed by atoms with Gasteiger partial charge in [0.1, 0.15) is 11.8 Å². The zero-order chi connectivity index (χ0) is 15.8. The lowest BCUT2D eigenvalue weighted by atomic mass is 10.3. The van der Waals surface area contributed by atoms with E-state index in [0.717, 1.165) is 43.2 Å². The van der Waals surface area contributed by atoms with Gasteiger partial charge in [-0.15, -0.1) is 0 Å². The van der Waals surface area contributed by atoms with Crippen LogP contribution in [0.25, 0.3) is 11.2 Å². The first-order chi connectivity index (χ1) is 11.2. The first kappa shape index (κ1) is 14.1. The van der Waals surface area contributed by atoms with Crippen LogP contribution in [0, 0.1) is 0 Å². The molecule has 0 saturated carbocycles. The molecule has 3 aromatic heterocycles. The van der Waals surface area contributed by atoms with Crippen molar-refractivity contribution < 1.29 is 0 Å². The second kappa shape index (κ2) is 5.62. The van der Waals surface area contributed by atoms with Gasteiger partial charge in [0, 0.05) is 33.2 Å². The molecular weight excluding hydrogens is 316 g/mol. The molecule has 0 amide bonds. The predicted molar refractivity (Wildman–Crippen MR) is 87.8 cm³/mol. The Kier molecular flexibility index (Phi) is 3.45. The third-order valence-corrected chi connectivity index (χ3v) is 4.15. The van der Waals surface area contributed by atoms with Crippen molar-refractivity contribution in [3.8, 4) is 0 Å². The van der Waals surface area contributed by atoms with Crippen LogP contribution in [0.2, 0.25) is 5.02 Å². The van der Waals surface area contributed by atoms with Crippen LogP contribution in [0.15, 0.2) is 25.0 Å². The van der Waals surface area contributed by atoms with Crippen molar-refractivity contribution in [2.24, 2.45) is 7.05 Å². The third-order valence-electron chi connectivity index (χ3n) is 3.96. The molecule has 4 heterocycles. The summed E-state index contributed by atoms with van der Waals surface area (Å²) in [5, 5.41) is 0.548. The van der Waals surface area contributed by atoms with Crippen molar-refractivity contribution in [3.05, 3.63) is 30.1 Å². The normalized spacial score (nSPS) is 15.4. The van der Waals surface area contributed by atoms with Gasteiger partial charge in [-0.25, -0.2) is 24.9 Å². The number of imidazole rings is 1. The Hall–Kier alpha value is -2.48. The molecule has 0 bridgehead atoms. The van der Waals surface area contributed by atoms with E-state index in [1.165, 1.54) is 0 Å². The summed E-state index contributed by atoms with van der Waals surface area (Å²) in [6.45, 7) is 3.32. The van der Waals surface area contributed by atoms with Gasteiger partial charge >= 0.3 is 0 Å². The molecule has 0 atom stereocenters. The van der Waals surface area contributed by atoms with Crippen LogP contribution < -0.4 is 9.80 Å². The number of hydrogen-bond donors (Lipinski definition) is 0. The van der Waals surface area contributed by atoms with E-state index < -0.39 is 0 Å². The number of aryl methyl sites for hydroxylation is 1. The standard InChI is InChI=1S/C14H15ClN8/c1-21-9-20-12-11(21)13(19-8-18-12)22-2-4-23(5-3-22)14-16-6-10(15)7-17-14/h6-9H,2-5H2,1H3. The average molecular weight is 331 g/mol. The molecule has 23 heavy (non-hydrogen) atoms. The van der Waals surface area contributed by atoms with Gasteiger partial charge in [-0.05, 0) is 0 Å². The smallest absolute Gasteiger partial charge is 0.225 e. The molecule has 1 aliphatic rings. The van der Waals surface area contributed by atoms with E-state index in [4.69, 9.17) is 11.6 Å². The molecule has 0 spiro atoms. The lowest BCUT2D eigenvalue weighted by Crippen LogP contribution is -2.47. The maximum Gasteiger partial charge on any atom is 0.225 e. The molecule has 1 saturated heterocycles. The number of halogens is 1. The van der Waals surface area contributed by atoms with E-state index >= 15 is 0 Å². The van der Waals surface area contributed by atoms with Crippen molar-refractivity contribution in [1.82, 2.24) is 29.5 Å². The molecule has 118 valence electrons. The molecule has 0 radical (unpaired) electrons. The molecule has 0 N–H and O–H groups in total. The molecular formula is C14H15ClN8. The van der Waals surface area contributed by atoms with E-state index in [0.29, 0.717) is 11.0 Å². The molecule has 8 nitrogen and oxygen atoms in total. The van der Waals surface area contributed by atoms with Gasteiger partial charge < -0.3 is 14.4 Å². The lowest BCUT2D eigenvalue weighted by Gasteiger charge is -2.35. The Morgan fingerprint density at radius 3 is 2.35 bits per heavy atom. The van der Waals surface area contributed by atoms with Crippen LogP contribution in [0.4, 0.5) is 11.8 Å². The van der Waals surface area contributed by atoms with Crippen LogP contribution in [0.5, 0.6) is 0 Å². The molecule has 0 unspecified atom stereocenters. The summed E-state index contributed by atoms with van der Waals surface area (Å²) < 4.78 is 1.96. The average Bonchev–Trinajstić information content (AvgIpc) is 2.97. The summed E-state index contributed by atoms with van der Waals surface area (Å²) in [6.07, 6.45) is 6.58. The molecule has 0 aliphatic carbocycles. The molecule has 0 aromatic carbocycles. The largest absolute Gasteiger partial charge is 0.351 e. The van der Waals surface area contributed by atoms with Gasteiger partial charge in [-0.2, -0.15) is 0 Å². The molecule has 9 heteroatoms. The Morgan fingerprint density at radius 1 is 0.913 bits per heavy atom. The third kappa shape index (κ3) is 2.55. The fourth-order valence-electron chi connectivity index (χ4n) is 2.79. The minimum absolute atomic E-state index is 0.548. The quantitative estimate of drug-likeness (QED) is 0.697. The highest BCUT2D eigenvalue weighted by molar-refractivity contribution is 6.30. The molecule has 1 aliphatic heterocycles. The van der Waals surface area contributed by atoms with Crippen LogP contribution in [0.3, 0.4) is 0 Å². The Balaban J connectivity index is 1.55. The molecule has 4 rings (SSSR count). The summed E-state index contributed by atoms with van der Waals surface area (Å²) in [4.78, 5) is 25.9. The van der Waals surface area contributed by atoms with E-state index in [-0.39, 0.29) is 0 Å². The molecule has 1 fully saturated rings. The number of hydrogen-bond acceptors (Lipinski definition) is 7. The number of anilines is 2. The number of rotatable bonds is 2. The second-order valence-corrected chi connectivity index (χ2v) is 5.84. The van der Waals surface area contributed by atoms with Crippen LogP contribution in [0.1, 0.15) is 0 Å². The minimum atomic E-state index is 0.548. The van der Waals surface area contributed by atoms with Crippen molar-refractivity contribution >= 4 is 34.5 Å². The zero-order valence-corrected chi connectivity index (χ0v) is 13.3. The second-order valence-electron chi connectivity index (χ2n) is 5.40. The fraction of sp³-hybridized carbons (Fsp3) is 0.357. The van der Waals surface area contributed by atoms with Gasteiger partial charge in [0.2, 0.25) is 5.95 Å². The van der Waals surface area contributed by atoms with Gasteiger partial charge in [-0.1, -0.05) is 11.6 Å². The number of nitrogens with zero attached hydrogens (tertiary/aromatic N) is 8. The predicted octanol–water partition coefficient (Wildman–Crippen LogP) is 1.13.